The zero-order valence-corrected chi connectivity index (χ0v) is 9.26. The van der Waals surface area contributed by atoms with Crippen LogP contribution in [0.3, 0.4) is 0 Å². The van der Waals surface area contributed by atoms with Gasteiger partial charge in [-0.1, -0.05) is 0 Å². The number of aromatic nitrogens is 1. The van der Waals surface area contributed by atoms with Crippen molar-refractivity contribution in [3.8, 4) is 0 Å². The summed E-state index contributed by atoms with van der Waals surface area (Å²) < 4.78 is 98.1. The Morgan fingerprint density at radius 3 is 2.00 bits per heavy atom. The molecule has 0 aliphatic rings. The van der Waals surface area contributed by atoms with E-state index in [1.54, 1.807) is 0 Å². The van der Waals surface area contributed by atoms with Crippen LogP contribution in [-0.2, 0) is 16.2 Å². The molecule has 0 saturated carbocycles. The Balaban J connectivity index is 3.56. The quantitative estimate of drug-likeness (QED) is 0.669. The molecule has 0 amide bonds. The molecule has 1 aromatic rings. The number of nitrogens with one attached hydrogen (secondary N) is 1. The highest BCUT2D eigenvalue weighted by molar-refractivity contribution is 7.92. The Morgan fingerprint density at radius 1 is 1.11 bits per heavy atom. The minimum Gasteiger partial charge on any atom is -0.278 e. The Morgan fingerprint density at radius 2 is 1.61 bits per heavy atom. The molecule has 0 aliphatic carbocycles. The van der Waals surface area contributed by atoms with Gasteiger partial charge in [0, 0.05) is 0 Å². The fraction of sp³-hybridized carbons (Fsp3) is 0.286. The summed E-state index contributed by atoms with van der Waals surface area (Å²) in [6.45, 7) is 0. The monoisotopic (exact) mass is 294 g/mol. The van der Waals surface area contributed by atoms with Gasteiger partial charge in [0.1, 0.15) is 5.69 Å². The van der Waals surface area contributed by atoms with Gasteiger partial charge in [0.2, 0.25) is 15.8 Å². The second-order valence-corrected chi connectivity index (χ2v) is 4.87. The van der Waals surface area contributed by atoms with Crippen molar-refractivity contribution in [1.29, 1.82) is 0 Å². The van der Waals surface area contributed by atoms with Gasteiger partial charge in [-0.2, -0.15) is 22.0 Å². The molecule has 0 fully saturated rings. The lowest BCUT2D eigenvalue weighted by Crippen LogP contribution is -2.19. The molecule has 0 saturated heterocycles. The van der Waals surface area contributed by atoms with Crippen LogP contribution in [0.4, 0.5) is 32.0 Å². The second kappa shape index (κ2) is 4.30. The smallest absolute Gasteiger partial charge is 0.278 e. The molecule has 1 rings (SSSR count). The SMILES string of the molecule is CS(=O)(=O)Nc1c(F)c(F)nc(C(F)(F)F)c1F. The van der Waals surface area contributed by atoms with E-state index in [-0.39, 0.29) is 0 Å². The fourth-order valence-corrected chi connectivity index (χ4v) is 1.53. The molecule has 18 heavy (non-hydrogen) atoms. The van der Waals surface area contributed by atoms with Crippen molar-refractivity contribution in [2.24, 2.45) is 0 Å². The van der Waals surface area contributed by atoms with E-state index in [0.717, 1.165) is 4.72 Å². The summed E-state index contributed by atoms with van der Waals surface area (Å²) in [4.78, 5) is 2.06. The highest BCUT2D eigenvalue weighted by atomic mass is 32.2. The van der Waals surface area contributed by atoms with Crippen LogP contribution < -0.4 is 4.72 Å². The predicted molar refractivity (Wildman–Crippen MR) is 47.6 cm³/mol. The first-order valence-corrected chi connectivity index (χ1v) is 5.92. The number of anilines is 1. The molecule has 0 unspecified atom stereocenters. The van der Waals surface area contributed by atoms with Crippen molar-refractivity contribution in [3.63, 3.8) is 0 Å². The lowest BCUT2D eigenvalue weighted by molar-refractivity contribution is -0.144. The van der Waals surface area contributed by atoms with E-state index in [4.69, 9.17) is 0 Å². The predicted octanol–water partition coefficient (Wildman–Crippen LogP) is 1.89. The van der Waals surface area contributed by atoms with E-state index >= 15 is 0 Å². The largest absolute Gasteiger partial charge is 0.436 e. The molecule has 0 aliphatic heterocycles. The number of halogens is 6. The van der Waals surface area contributed by atoms with Gasteiger partial charge in [0.15, 0.2) is 11.5 Å². The van der Waals surface area contributed by atoms with Crippen molar-refractivity contribution in [2.75, 3.05) is 11.0 Å². The molecule has 0 atom stereocenters. The first kappa shape index (κ1) is 14.5. The maximum atomic E-state index is 13.2. The van der Waals surface area contributed by atoms with E-state index < -0.39 is 45.2 Å². The summed E-state index contributed by atoms with van der Waals surface area (Å²) in [5.74, 6) is -6.77. The molecule has 4 nitrogen and oxygen atoms in total. The van der Waals surface area contributed by atoms with Crippen LogP contribution in [-0.4, -0.2) is 19.7 Å². The minimum atomic E-state index is -5.40. The number of hydrogen-bond acceptors (Lipinski definition) is 3. The Hall–Kier alpha value is -1.52. The van der Waals surface area contributed by atoms with Crippen molar-refractivity contribution in [2.45, 2.75) is 6.18 Å². The van der Waals surface area contributed by atoms with Crippen LogP contribution in [0, 0.1) is 17.6 Å². The normalized spacial score (nSPS) is 12.6. The average molecular weight is 294 g/mol. The van der Waals surface area contributed by atoms with Crippen molar-refractivity contribution in [1.82, 2.24) is 4.98 Å². The molecule has 0 radical (unpaired) electrons. The lowest BCUT2D eigenvalue weighted by Gasteiger charge is -2.12. The topological polar surface area (TPSA) is 59.1 Å². The van der Waals surface area contributed by atoms with Crippen LogP contribution in [0.2, 0.25) is 0 Å². The van der Waals surface area contributed by atoms with Gasteiger partial charge in [-0.15, -0.1) is 0 Å². The molecule has 102 valence electrons. The second-order valence-electron chi connectivity index (χ2n) is 3.13. The number of nitrogens with zero attached hydrogens (tertiary/aromatic N) is 1. The highest BCUT2D eigenvalue weighted by Gasteiger charge is 2.40. The number of sulfonamides is 1. The van der Waals surface area contributed by atoms with Crippen molar-refractivity contribution < 1.29 is 34.8 Å². The van der Waals surface area contributed by atoms with Crippen LogP contribution in [0.15, 0.2) is 0 Å². The summed E-state index contributed by atoms with van der Waals surface area (Å²) >= 11 is 0. The first-order chi connectivity index (χ1) is 7.93. The molecule has 1 heterocycles. The zero-order valence-electron chi connectivity index (χ0n) is 8.44. The van der Waals surface area contributed by atoms with Crippen LogP contribution >= 0.6 is 0 Å². The van der Waals surface area contributed by atoms with Crippen molar-refractivity contribution in [3.05, 3.63) is 23.3 Å². The Bertz CT molecular complexity index is 583. The molecular weight excluding hydrogens is 290 g/mol. The zero-order chi connectivity index (χ0) is 14.3. The lowest BCUT2D eigenvalue weighted by atomic mass is 10.3. The van der Waals surface area contributed by atoms with Crippen LogP contribution in [0.5, 0.6) is 0 Å². The summed E-state index contributed by atoms with van der Waals surface area (Å²) in [6.07, 6.45) is -4.97. The number of hydrogen-bond donors (Lipinski definition) is 1. The van der Waals surface area contributed by atoms with E-state index in [2.05, 4.69) is 4.98 Å². The van der Waals surface area contributed by atoms with Crippen molar-refractivity contribution >= 4 is 15.7 Å². The maximum Gasteiger partial charge on any atom is 0.436 e. The van der Waals surface area contributed by atoms with Gasteiger partial charge < -0.3 is 0 Å². The Kier molecular flexibility index (Phi) is 3.47. The number of alkyl halides is 3. The van der Waals surface area contributed by atoms with Gasteiger partial charge in [0.25, 0.3) is 5.95 Å². The van der Waals surface area contributed by atoms with E-state index in [0.29, 0.717) is 6.26 Å². The molecule has 0 bridgehead atoms. The van der Waals surface area contributed by atoms with Gasteiger partial charge in [0.05, 0.1) is 6.26 Å². The third kappa shape index (κ3) is 3.03. The summed E-state index contributed by atoms with van der Waals surface area (Å²) in [6, 6.07) is 0. The molecule has 0 aromatic carbocycles. The third-order valence-electron chi connectivity index (χ3n) is 1.59. The van der Waals surface area contributed by atoms with Crippen LogP contribution in [0.25, 0.3) is 0 Å². The van der Waals surface area contributed by atoms with E-state index in [1.807, 2.05) is 0 Å². The Labute approximate surface area is 96.7 Å². The van der Waals surface area contributed by atoms with Crippen LogP contribution in [0.1, 0.15) is 5.69 Å². The summed E-state index contributed by atoms with van der Waals surface area (Å²) in [5.41, 5.74) is -4.12. The average Bonchev–Trinajstić information content (AvgIpc) is 2.15. The fourth-order valence-electron chi connectivity index (χ4n) is 0.977. The third-order valence-corrected chi connectivity index (χ3v) is 2.17. The number of pyridine rings is 1. The van der Waals surface area contributed by atoms with E-state index in [1.165, 1.54) is 0 Å². The molecule has 1 aromatic heterocycles. The van der Waals surface area contributed by atoms with Gasteiger partial charge in [-0.05, 0) is 0 Å². The molecule has 1 N–H and O–H groups in total. The summed E-state index contributed by atoms with van der Waals surface area (Å²) in [7, 11) is -4.29. The highest BCUT2D eigenvalue weighted by Crippen LogP contribution is 2.34. The number of rotatable bonds is 2. The van der Waals surface area contributed by atoms with Gasteiger partial charge in [-0.25, -0.2) is 17.8 Å². The van der Waals surface area contributed by atoms with E-state index in [9.17, 15) is 34.8 Å². The van der Waals surface area contributed by atoms with Gasteiger partial charge >= 0.3 is 6.18 Å². The standard InChI is InChI=1S/C7H4F6N2O2S/c1-18(16,17)15-4-2(8)5(7(11,12)13)14-6(10)3(4)9/h1H3,(H,14,15). The van der Waals surface area contributed by atoms with Gasteiger partial charge in [-0.3, -0.25) is 4.72 Å². The maximum absolute atomic E-state index is 13.2. The minimum absolute atomic E-state index is 0.428. The molecule has 0 spiro atoms. The molecule has 11 heteroatoms. The summed E-state index contributed by atoms with van der Waals surface area (Å²) in [5, 5.41) is 0. The first-order valence-electron chi connectivity index (χ1n) is 4.03. The molecular formula is C7H4F6N2O2S.